The number of anilines is 2. The largest absolute Gasteiger partial charge is 0.326 e. The molecular weight excluding hydrogens is 302 g/mol. The molecule has 0 atom stereocenters. The molecule has 122 valence electrons. The van der Waals surface area contributed by atoms with E-state index >= 15 is 0 Å². The molecule has 22 heavy (non-hydrogen) atoms. The van der Waals surface area contributed by atoms with E-state index < -0.39 is 10.0 Å². The van der Waals surface area contributed by atoms with Crippen LogP contribution in [0.25, 0.3) is 0 Å². The van der Waals surface area contributed by atoms with E-state index in [1.165, 1.54) is 0 Å². The molecule has 0 bridgehead atoms. The van der Waals surface area contributed by atoms with Gasteiger partial charge >= 0.3 is 0 Å². The predicted molar refractivity (Wildman–Crippen MR) is 88.4 cm³/mol. The molecule has 2 rings (SSSR count). The number of hydrogen-bond acceptors (Lipinski definition) is 4. The second-order valence-corrected chi connectivity index (χ2v) is 7.48. The van der Waals surface area contributed by atoms with Crippen molar-refractivity contribution in [2.75, 3.05) is 29.4 Å². The van der Waals surface area contributed by atoms with Gasteiger partial charge in [0.25, 0.3) is 0 Å². The molecule has 1 heterocycles. The second kappa shape index (κ2) is 7.60. The Kier molecular flexibility index (Phi) is 5.79. The maximum atomic E-state index is 12.0. The highest BCUT2D eigenvalue weighted by Gasteiger charge is 2.14. The Morgan fingerprint density at radius 3 is 2.64 bits per heavy atom. The van der Waals surface area contributed by atoms with E-state index in [0.29, 0.717) is 23.7 Å². The van der Waals surface area contributed by atoms with E-state index in [9.17, 15) is 13.2 Å². The zero-order valence-electron chi connectivity index (χ0n) is 12.8. The van der Waals surface area contributed by atoms with Crippen LogP contribution in [0.1, 0.15) is 25.7 Å². The molecule has 7 heteroatoms. The van der Waals surface area contributed by atoms with Gasteiger partial charge in [-0.3, -0.25) is 9.52 Å². The quantitative estimate of drug-likeness (QED) is 0.744. The van der Waals surface area contributed by atoms with Crippen molar-refractivity contribution in [3.63, 3.8) is 0 Å². The van der Waals surface area contributed by atoms with E-state index in [-0.39, 0.29) is 5.91 Å². The summed E-state index contributed by atoms with van der Waals surface area (Å²) in [5.41, 5.74) is 1.04. The highest BCUT2D eigenvalue weighted by Crippen LogP contribution is 2.19. The highest BCUT2D eigenvalue weighted by atomic mass is 32.2. The van der Waals surface area contributed by atoms with Crippen LogP contribution >= 0.6 is 0 Å². The van der Waals surface area contributed by atoms with E-state index in [2.05, 4.69) is 15.4 Å². The third-order valence-corrected chi connectivity index (χ3v) is 4.29. The maximum absolute atomic E-state index is 12.0. The number of hydrogen-bond donors (Lipinski definition) is 3. The molecule has 3 N–H and O–H groups in total. The zero-order chi connectivity index (χ0) is 16.0. The van der Waals surface area contributed by atoms with Crippen molar-refractivity contribution in [1.29, 1.82) is 0 Å². The van der Waals surface area contributed by atoms with Crippen LogP contribution in [-0.2, 0) is 14.8 Å². The third-order valence-electron chi connectivity index (χ3n) is 3.69. The van der Waals surface area contributed by atoms with Gasteiger partial charge < -0.3 is 10.6 Å². The summed E-state index contributed by atoms with van der Waals surface area (Å²) < 4.78 is 24.8. The van der Waals surface area contributed by atoms with Crippen molar-refractivity contribution in [2.45, 2.75) is 25.7 Å². The predicted octanol–water partition coefficient (Wildman–Crippen LogP) is 1.78. The molecule has 0 aromatic heterocycles. The van der Waals surface area contributed by atoms with Crippen LogP contribution in [0.15, 0.2) is 24.3 Å². The number of sulfonamides is 1. The van der Waals surface area contributed by atoms with Crippen molar-refractivity contribution in [3.8, 4) is 0 Å². The molecule has 0 spiro atoms. The topological polar surface area (TPSA) is 87.3 Å². The molecule has 1 aliphatic rings. The lowest BCUT2D eigenvalue weighted by Crippen LogP contribution is -2.28. The molecule has 1 aromatic rings. The Morgan fingerprint density at radius 1 is 1.27 bits per heavy atom. The normalized spacial score (nSPS) is 16.2. The first-order valence-electron chi connectivity index (χ1n) is 7.51. The fraction of sp³-hybridized carbons (Fsp3) is 0.533. The highest BCUT2D eigenvalue weighted by molar-refractivity contribution is 7.92. The van der Waals surface area contributed by atoms with E-state index in [0.717, 1.165) is 38.6 Å². The molecule has 0 radical (unpaired) electrons. The number of nitrogens with one attached hydrogen (secondary N) is 3. The first-order chi connectivity index (χ1) is 10.4. The summed E-state index contributed by atoms with van der Waals surface area (Å²) in [6, 6.07) is 6.71. The number of benzene rings is 1. The lowest BCUT2D eigenvalue weighted by molar-refractivity contribution is -0.116. The lowest BCUT2D eigenvalue weighted by atomic mass is 9.93. The van der Waals surface area contributed by atoms with Crippen molar-refractivity contribution in [3.05, 3.63) is 24.3 Å². The summed E-state index contributed by atoms with van der Waals surface area (Å²) >= 11 is 0. The van der Waals surface area contributed by atoms with Gasteiger partial charge in [-0.2, -0.15) is 0 Å². The average molecular weight is 325 g/mol. The molecule has 1 aromatic carbocycles. The van der Waals surface area contributed by atoms with Crippen molar-refractivity contribution in [1.82, 2.24) is 5.32 Å². The number of rotatable bonds is 6. The fourth-order valence-corrected chi connectivity index (χ4v) is 3.16. The summed E-state index contributed by atoms with van der Waals surface area (Å²) in [4.78, 5) is 12.0. The summed E-state index contributed by atoms with van der Waals surface area (Å²) in [6.45, 7) is 2.07. The molecule has 1 amide bonds. The van der Waals surface area contributed by atoms with E-state index in [4.69, 9.17) is 0 Å². The number of carbonyl (C=O) groups is 1. The van der Waals surface area contributed by atoms with Gasteiger partial charge in [-0.1, -0.05) is 6.07 Å². The summed E-state index contributed by atoms with van der Waals surface area (Å²) in [6.07, 6.45) is 4.74. The summed E-state index contributed by atoms with van der Waals surface area (Å²) in [5.74, 6) is 0.584. The van der Waals surface area contributed by atoms with E-state index in [1.807, 2.05) is 0 Å². The molecule has 1 fully saturated rings. The molecule has 1 aliphatic heterocycles. The van der Waals surface area contributed by atoms with Crippen LogP contribution in [0.5, 0.6) is 0 Å². The van der Waals surface area contributed by atoms with Gasteiger partial charge in [-0.05, 0) is 56.5 Å². The van der Waals surface area contributed by atoms with Gasteiger partial charge in [0.05, 0.1) is 11.9 Å². The van der Waals surface area contributed by atoms with Crippen molar-refractivity contribution < 1.29 is 13.2 Å². The standard InChI is InChI=1S/C15H23N3O3S/c1-22(20,21)18-14-4-2-3-13(11-14)17-15(19)6-5-12-7-9-16-10-8-12/h2-4,11-12,16,18H,5-10H2,1H3,(H,17,19). The first-order valence-corrected chi connectivity index (χ1v) is 9.40. The van der Waals surface area contributed by atoms with Crippen LogP contribution in [0.2, 0.25) is 0 Å². The Balaban J connectivity index is 1.84. The van der Waals surface area contributed by atoms with Gasteiger partial charge in [0.1, 0.15) is 0 Å². The Morgan fingerprint density at radius 2 is 1.95 bits per heavy atom. The van der Waals surface area contributed by atoms with Gasteiger partial charge in [0.15, 0.2) is 0 Å². The second-order valence-electron chi connectivity index (χ2n) is 5.74. The Hall–Kier alpha value is -1.60. The molecule has 6 nitrogen and oxygen atoms in total. The number of piperidine rings is 1. The molecule has 1 saturated heterocycles. The van der Waals surface area contributed by atoms with Gasteiger partial charge in [-0.25, -0.2) is 8.42 Å². The smallest absolute Gasteiger partial charge is 0.229 e. The number of carbonyl (C=O) groups excluding carboxylic acids is 1. The third kappa shape index (κ3) is 6.03. The fourth-order valence-electron chi connectivity index (χ4n) is 2.60. The molecule has 0 saturated carbocycles. The van der Waals surface area contributed by atoms with Crippen LogP contribution in [0.3, 0.4) is 0 Å². The number of amides is 1. The van der Waals surface area contributed by atoms with Gasteiger partial charge in [0, 0.05) is 12.1 Å². The lowest BCUT2D eigenvalue weighted by Gasteiger charge is -2.22. The monoisotopic (exact) mass is 325 g/mol. The Bertz CT molecular complexity index is 610. The summed E-state index contributed by atoms with van der Waals surface area (Å²) in [5, 5.41) is 6.13. The van der Waals surface area contributed by atoms with Crippen LogP contribution < -0.4 is 15.4 Å². The minimum atomic E-state index is -3.32. The molecule has 0 aliphatic carbocycles. The molecule has 0 unspecified atom stereocenters. The Labute approximate surface area is 131 Å². The maximum Gasteiger partial charge on any atom is 0.229 e. The van der Waals surface area contributed by atoms with Crippen LogP contribution in [-0.4, -0.2) is 33.7 Å². The first kappa shape index (κ1) is 16.8. The van der Waals surface area contributed by atoms with Crippen molar-refractivity contribution >= 4 is 27.3 Å². The van der Waals surface area contributed by atoms with Gasteiger partial charge in [0.2, 0.25) is 15.9 Å². The van der Waals surface area contributed by atoms with Crippen LogP contribution in [0, 0.1) is 5.92 Å². The van der Waals surface area contributed by atoms with Crippen LogP contribution in [0.4, 0.5) is 11.4 Å². The van der Waals surface area contributed by atoms with Gasteiger partial charge in [-0.15, -0.1) is 0 Å². The minimum absolute atomic E-state index is 0.0324. The SMILES string of the molecule is CS(=O)(=O)Nc1cccc(NC(=O)CCC2CCNCC2)c1. The zero-order valence-corrected chi connectivity index (χ0v) is 13.6. The molecular formula is C15H23N3O3S. The van der Waals surface area contributed by atoms with E-state index in [1.54, 1.807) is 24.3 Å². The minimum Gasteiger partial charge on any atom is -0.326 e. The summed E-state index contributed by atoms with van der Waals surface area (Å²) in [7, 11) is -3.32. The average Bonchev–Trinajstić information content (AvgIpc) is 2.45. The van der Waals surface area contributed by atoms with Crippen molar-refractivity contribution in [2.24, 2.45) is 5.92 Å².